The molecular weight excluding hydrogens is 204 g/mol. The van der Waals surface area contributed by atoms with Crippen LogP contribution in [-0.4, -0.2) is 23.8 Å². The Bertz CT molecular complexity index is 263. The molecule has 0 aliphatic carbocycles. The number of epoxide rings is 1. The van der Waals surface area contributed by atoms with Crippen molar-refractivity contribution in [3.63, 3.8) is 0 Å². The van der Waals surface area contributed by atoms with E-state index in [1.165, 1.54) is 0 Å². The van der Waals surface area contributed by atoms with Crippen LogP contribution >= 0.6 is 0 Å². The second kappa shape index (κ2) is 4.36. The molecule has 94 valence electrons. The van der Waals surface area contributed by atoms with Crippen LogP contribution in [0.2, 0.25) is 0 Å². The molecule has 0 bridgehead atoms. The summed E-state index contributed by atoms with van der Waals surface area (Å²) in [4.78, 5) is 11.6. The maximum atomic E-state index is 11.6. The third-order valence-corrected chi connectivity index (χ3v) is 2.92. The lowest BCUT2D eigenvalue weighted by atomic mass is 9.97. The molecule has 0 saturated carbocycles. The van der Waals surface area contributed by atoms with E-state index < -0.39 is 5.41 Å². The summed E-state index contributed by atoms with van der Waals surface area (Å²) in [7, 11) is 0. The van der Waals surface area contributed by atoms with E-state index in [4.69, 9.17) is 9.47 Å². The van der Waals surface area contributed by atoms with Crippen LogP contribution in [0.3, 0.4) is 0 Å². The van der Waals surface area contributed by atoms with Gasteiger partial charge >= 0.3 is 5.97 Å². The standard InChI is InChI=1S/C13H24O3/c1-9(15-11(14)12(2,3)4)7-8-10-13(5,6)16-10/h9-10H,7-8H2,1-6H3. The minimum atomic E-state index is -0.413. The summed E-state index contributed by atoms with van der Waals surface area (Å²) in [6, 6.07) is 0. The molecule has 2 unspecified atom stereocenters. The summed E-state index contributed by atoms with van der Waals surface area (Å²) in [5, 5.41) is 0. The Morgan fingerprint density at radius 2 is 1.94 bits per heavy atom. The molecule has 0 radical (unpaired) electrons. The van der Waals surface area contributed by atoms with Gasteiger partial charge in [0, 0.05) is 0 Å². The zero-order chi connectivity index (χ0) is 12.6. The van der Waals surface area contributed by atoms with Gasteiger partial charge in [0.2, 0.25) is 0 Å². The van der Waals surface area contributed by atoms with Gasteiger partial charge in [-0.1, -0.05) is 0 Å². The molecule has 1 aliphatic heterocycles. The summed E-state index contributed by atoms with van der Waals surface area (Å²) >= 11 is 0. The number of hydrogen-bond donors (Lipinski definition) is 0. The second-order valence-electron chi connectivity index (χ2n) is 6.25. The van der Waals surface area contributed by atoms with Gasteiger partial charge < -0.3 is 9.47 Å². The highest BCUT2D eigenvalue weighted by molar-refractivity contribution is 5.75. The SMILES string of the molecule is CC(CCC1OC1(C)C)OC(=O)C(C)(C)C. The molecule has 0 spiro atoms. The first-order valence-corrected chi connectivity index (χ1v) is 6.02. The van der Waals surface area contributed by atoms with Crippen LogP contribution in [0.5, 0.6) is 0 Å². The highest BCUT2D eigenvalue weighted by atomic mass is 16.6. The summed E-state index contributed by atoms with van der Waals surface area (Å²) in [5.74, 6) is -0.129. The second-order valence-corrected chi connectivity index (χ2v) is 6.25. The molecule has 0 N–H and O–H groups in total. The third kappa shape index (κ3) is 3.78. The highest BCUT2D eigenvalue weighted by Crippen LogP contribution is 2.38. The van der Waals surface area contributed by atoms with Gasteiger partial charge in [-0.05, 0) is 54.4 Å². The molecule has 1 aliphatic rings. The van der Waals surface area contributed by atoms with Gasteiger partial charge in [0.05, 0.1) is 23.2 Å². The van der Waals surface area contributed by atoms with Crippen molar-refractivity contribution in [2.75, 3.05) is 0 Å². The van der Waals surface area contributed by atoms with E-state index in [1.54, 1.807) is 0 Å². The molecule has 0 aromatic heterocycles. The summed E-state index contributed by atoms with van der Waals surface area (Å²) in [5.41, 5.74) is -0.378. The van der Waals surface area contributed by atoms with Gasteiger partial charge in [-0.2, -0.15) is 0 Å². The van der Waals surface area contributed by atoms with Gasteiger partial charge in [0.25, 0.3) is 0 Å². The van der Waals surface area contributed by atoms with Crippen LogP contribution in [0.15, 0.2) is 0 Å². The summed E-state index contributed by atoms with van der Waals surface area (Å²) in [6.07, 6.45) is 2.15. The lowest BCUT2D eigenvalue weighted by molar-refractivity contribution is -0.158. The normalized spacial score (nSPS) is 25.0. The van der Waals surface area contributed by atoms with Gasteiger partial charge in [-0.15, -0.1) is 0 Å². The minimum Gasteiger partial charge on any atom is -0.462 e. The van der Waals surface area contributed by atoms with E-state index in [-0.39, 0.29) is 17.7 Å². The monoisotopic (exact) mass is 228 g/mol. The fourth-order valence-corrected chi connectivity index (χ4v) is 1.54. The Kier molecular flexibility index (Phi) is 3.68. The van der Waals surface area contributed by atoms with Crippen molar-refractivity contribution < 1.29 is 14.3 Å². The van der Waals surface area contributed by atoms with Crippen LogP contribution in [0.25, 0.3) is 0 Å². The molecule has 1 rings (SSSR count). The number of carbonyl (C=O) groups is 1. The Balaban J connectivity index is 2.22. The number of hydrogen-bond acceptors (Lipinski definition) is 3. The van der Waals surface area contributed by atoms with Crippen molar-refractivity contribution in [2.45, 2.75) is 72.2 Å². The smallest absolute Gasteiger partial charge is 0.311 e. The van der Waals surface area contributed by atoms with Crippen molar-refractivity contribution >= 4 is 5.97 Å². The Hall–Kier alpha value is -0.570. The summed E-state index contributed by atoms with van der Waals surface area (Å²) < 4.78 is 10.9. The highest BCUT2D eigenvalue weighted by Gasteiger charge is 2.47. The third-order valence-electron chi connectivity index (χ3n) is 2.92. The predicted octanol–water partition coefficient (Wildman–Crippen LogP) is 2.92. The van der Waals surface area contributed by atoms with Gasteiger partial charge in [0.1, 0.15) is 0 Å². The van der Waals surface area contributed by atoms with E-state index in [9.17, 15) is 4.79 Å². The first-order chi connectivity index (χ1) is 7.13. The van der Waals surface area contributed by atoms with Gasteiger partial charge in [0.15, 0.2) is 0 Å². The first kappa shape index (κ1) is 13.5. The molecule has 2 atom stereocenters. The fraction of sp³-hybridized carbons (Fsp3) is 0.923. The zero-order valence-corrected chi connectivity index (χ0v) is 11.3. The topological polar surface area (TPSA) is 38.8 Å². The molecule has 0 amide bonds. The fourth-order valence-electron chi connectivity index (χ4n) is 1.54. The molecule has 1 saturated heterocycles. The van der Waals surface area contributed by atoms with E-state index >= 15 is 0 Å². The largest absolute Gasteiger partial charge is 0.462 e. The molecule has 1 fully saturated rings. The van der Waals surface area contributed by atoms with Crippen LogP contribution in [0, 0.1) is 5.41 Å². The lowest BCUT2D eigenvalue weighted by Crippen LogP contribution is -2.27. The van der Waals surface area contributed by atoms with E-state index in [0.717, 1.165) is 12.8 Å². The average Bonchev–Trinajstić information content (AvgIpc) is 2.69. The number of rotatable bonds is 4. The van der Waals surface area contributed by atoms with Crippen LogP contribution in [0.4, 0.5) is 0 Å². The lowest BCUT2D eigenvalue weighted by Gasteiger charge is -2.20. The van der Waals surface area contributed by atoms with E-state index in [2.05, 4.69) is 13.8 Å². The van der Waals surface area contributed by atoms with Crippen molar-refractivity contribution in [2.24, 2.45) is 5.41 Å². The van der Waals surface area contributed by atoms with Crippen LogP contribution < -0.4 is 0 Å². The van der Waals surface area contributed by atoms with Crippen molar-refractivity contribution in [3.05, 3.63) is 0 Å². The van der Waals surface area contributed by atoms with Crippen molar-refractivity contribution in [1.29, 1.82) is 0 Å². The molecule has 3 heteroatoms. The average molecular weight is 228 g/mol. The zero-order valence-electron chi connectivity index (χ0n) is 11.3. The van der Waals surface area contributed by atoms with Crippen LogP contribution in [0.1, 0.15) is 54.4 Å². The quantitative estimate of drug-likeness (QED) is 0.548. The molecule has 3 nitrogen and oxygen atoms in total. The Morgan fingerprint density at radius 3 is 2.31 bits per heavy atom. The number of carbonyl (C=O) groups excluding carboxylic acids is 1. The maximum absolute atomic E-state index is 11.6. The van der Waals surface area contributed by atoms with E-state index in [0.29, 0.717) is 6.10 Å². The maximum Gasteiger partial charge on any atom is 0.311 e. The predicted molar refractivity (Wildman–Crippen MR) is 63.2 cm³/mol. The number of ether oxygens (including phenoxy) is 2. The Labute approximate surface area is 98.5 Å². The molecular formula is C13H24O3. The van der Waals surface area contributed by atoms with Crippen molar-refractivity contribution in [3.8, 4) is 0 Å². The van der Waals surface area contributed by atoms with Crippen molar-refractivity contribution in [1.82, 2.24) is 0 Å². The summed E-state index contributed by atoms with van der Waals surface area (Å²) in [6.45, 7) is 11.7. The Morgan fingerprint density at radius 1 is 1.44 bits per heavy atom. The van der Waals surface area contributed by atoms with Gasteiger partial charge in [-0.25, -0.2) is 0 Å². The molecule has 0 aromatic rings. The minimum absolute atomic E-state index is 0.0216. The molecule has 16 heavy (non-hydrogen) atoms. The van der Waals surface area contributed by atoms with Crippen LogP contribution in [-0.2, 0) is 14.3 Å². The molecule has 1 heterocycles. The van der Waals surface area contributed by atoms with Gasteiger partial charge in [-0.3, -0.25) is 4.79 Å². The number of esters is 1. The molecule has 0 aromatic carbocycles. The first-order valence-electron chi connectivity index (χ1n) is 6.02. The van der Waals surface area contributed by atoms with E-state index in [1.807, 2.05) is 27.7 Å².